The second-order valence-electron chi connectivity index (χ2n) is 5.07. The number of nitrogens with one attached hydrogen (secondary N) is 1. The summed E-state index contributed by atoms with van der Waals surface area (Å²) < 4.78 is 41.8. The molecule has 0 aliphatic carbocycles. The van der Waals surface area contributed by atoms with Gasteiger partial charge < -0.3 is 15.0 Å². The molecule has 0 bridgehead atoms. The molecule has 1 saturated heterocycles. The highest BCUT2D eigenvalue weighted by Crippen LogP contribution is 2.43. The number of benzene rings is 1. The van der Waals surface area contributed by atoms with Crippen molar-refractivity contribution in [2.75, 3.05) is 19.6 Å². The van der Waals surface area contributed by atoms with Crippen LogP contribution < -0.4 is 5.32 Å². The van der Waals surface area contributed by atoms with E-state index in [1.807, 2.05) is 29.6 Å². The van der Waals surface area contributed by atoms with Crippen molar-refractivity contribution in [1.29, 1.82) is 0 Å². The van der Waals surface area contributed by atoms with Gasteiger partial charge in [0.05, 0.1) is 19.7 Å². The predicted molar refractivity (Wildman–Crippen MR) is 63.9 cm³/mol. The van der Waals surface area contributed by atoms with Crippen molar-refractivity contribution < 1.29 is 22.7 Å². The van der Waals surface area contributed by atoms with Gasteiger partial charge in [-0.3, -0.25) is 0 Å². The highest BCUT2D eigenvalue weighted by atomic mass is 19.4. The van der Waals surface area contributed by atoms with Gasteiger partial charge in [0.25, 0.3) is 0 Å². The average Bonchev–Trinajstić information content (AvgIpc) is 2.73. The van der Waals surface area contributed by atoms with Gasteiger partial charge in [-0.2, -0.15) is 13.2 Å². The Morgan fingerprint density at radius 2 is 2.05 bits per heavy atom. The first-order valence-corrected chi connectivity index (χ1v) is 6.22. The standard InChI is InChI=1S/C13H13F3N2O2/c14-13(15,16)6-17-11(19)18-7-12(8-18)10-4-2-1-3-9(10)5-20-12/h1-4H,5-8H2,(H,17,19). The maximum atomic E-state index is 12.0. The number of alkyl halides is 3. The number of hydrogen-bond donors (Lipinski definition) is 1. The van der Waals surface area contributed by atoms with Crippen molar-refractivity contribution in [1.82, 2.24) is 10.2 Å². The lowest BCUT2D eigenvalue weighted by molar-refractivity contribution is -0.132. The smallest absolute Gasteiger partial charge is 0.362 e. The van der Waals surface area contributed by atoms with Gasteiger partial charge in [-0.25, -0.2) is 4.79 Å². The van der Waals surface area contributed by atoms with Crippen molar-refractivity contribution in [3.63, 3.8) is 0 Å². The minimum Gasteiger partial charge on any atom is -0.362 e. The molecule has 0 unspecified atom stereocenters. The molecule has 2 heterocycles. The number of carbonyl (C=O) groups excluding carboxylic acids is 1. The molecule has 1 fully saturated rings. The van der Waals surface area contributed by atoms with Crippen LogP contribution in [0.1, 0.15) is 11.1 Å². The molecule has 0 aromatic heterocycles. The highest BCUT2D eigenvalue weighted by Gasteiger charge is 2.51. The Labute approximate surface area is 113 Å². The molecule has 2 amide bonds. The minimum atomic E-state index is -4.39. The summed E-state index contributed by atoms with van der Waals surface area (Å²) in [5, 5.41) is 1.86. The zero-order chi connectivity index (χ0) is 14.4. The number of fused-ring (bicyclic) bond motifs is 2. The molecule has 0 radical (unpaired) electrons. The molecule has 2 aliphatic rings. The molecular formula is C13H13F3N2O2. The third-order valence-electron chi connectivity index (χ3n) is 3.63. The molecule has 7 heteroatoms. The highest BCUT2D eigenvalue weighted by molar-refractivity contribution is 5.75. The summed E-state index contributed by atoms with van der Waals surface area (Å²) in [5.74, 6) is 0. The Kier molecular flexibility index (Phi) is 2.89. The van der Waals surface area contributed by atoms with E-state index in [0.29, 0.717) is 6.61 Å². The largest absolute Gasteiger partial charge is 0.405 e. The summed E-state index contributed by atoms with van der Waals surface area (Å²) in [6.45, 7) is -0.262. The number of rotatable bonds is 1. The molecule has 1 spiro atoms. The lowest BCUT2D eigenvalue weighted by atomic mass is 9.85. The molecule has 0 saturated carbocycles. The summed E-state index contributed by atoms with van der Waals surface area (Å²) in [6, 6.07) is 6.99. The van der Waals surface area contributed by atoms with Crippen molar-refractivity contribution in [3.05, 3.63) is 35.4 Å². The normalized spacial score (nSPS) is 19.6. The van der Waals surface area contributed by atoms with E-state index in [9.17, 15) is 18.0 Å². The van der Waals surface area contributed by atoms with Crippen LogP contribution in [0.5, 0.6) is 0 Å². The lowest BCUT2D eigenvalue weighted by Crippen LogP contribution is -2.63. The monoisotopic (exact) mass is 286 g/mol. The topological polar surface area (TPSA) is 41.6 Å². The van der Waals surface area contributed by atoms with Crippen LogP contribution in [-0.4, -0.2) is 36.7 Å². The number of urea groups is 1. The zero-order valence-corrected chi connectivity index (χ0v) is 10.5. The van der Waals surface area contributed by atoms with E-state index in [2.05, 4.69) is 0 Å². The summed E-state index contributed by atoms with van der Waals surface area (Å²) in [6.07, 6.45) is -4.39. The van der Waals surface area contributed by atoms with Crippen molar-refractivity contribution in [3.8, 4) is 0 Å². The van der Waals surface area contributed by atoms with Crippen LogP contribution in [0.15, 0.2) is 24.3 Å². The van der Waals surface area contributed by atoms with Crippen molar-refractivity contribution in [2.24, 2.45) is 0 Å². The molecule has 0 atom stereocenters. The number of likely N-dealkylation sites (tertiary alicyclic amines) is 1. The van der Waals surface area contributed by atoms with E-state index in [1.54, 1.807) is 0 Å². The van der Waals surface area contributed by atoms with Crippen LogP contribution in [-0.2, 0) is 16.9 Å². The maximum absolute atomic E-state index is 12.0. The number of hydrogen-bond acceptors (Lipinski definition) is 2. The van der Waals surface area contributed by atoms with E-state index in [0.717, 1.165) is 11.1 Å². The zero-order valence-electron chi connectivity index (χ0n) is 10.5. The number of nitrogens with zero attached hydrogens (tertiary/aromatic N) is 1. The molecule has 1 N–H and O–H groups in total. The van der Waals surface area contributed by atoms with Gasteiger partial charge in [0.2, 0.25) is 0 Å². The third-order valence-corrected chi connectivity index (χ3v) is 3.63. The van der Waals surface area contributed by atoms with Crippen molar-refractivity contribution in [2.45, 2.75) is 18.4 Å². The molecule has 20 heavy (non-hydrogen) atoms. The van der Waals surface area contributed by atoms with Gasteiger partial charge in [-0.1, -0.05) is 24.3 Å². The van der Waals surface area contributed by atoms with Crippen LogP contribution >= 0.6 is 0 Å². The van der Waals surface area contributed by atoms with Gasteiger partial charge in [0.15, 0.2) is 0 Å². The van der Waals surface area contributed by atoms with Crippen LogP contribution in [0.4, 0.5) is 18.0 Å². The van der Waals surface area contributed by atoms with Crippen LogP contribution in [0.25, 0.3) is 0 Å². The Morgan fingerprint density at radius 3 is 2.75 bits per heavy atom. The van der Waals surface area contributed by atoms with E-state index in [4.69, 9.17) is 4.74 Å². The number of halogens is 3. The molecule has 4 nitrogen and oxygen atoms in total. The first-order chi connectivity index (χ1) is 9.40. The summed E-state index contributed by atoms with van der Waals surface area (Å²) in [5.41, 5.74) is 1.56. The second-order valence-corrected chi connectivity index (χ2v) is 5.07. The third kappa shape index (κ3) is 2.22. The lowest BCUT2D eigenvalue weighted by Gasteiger charge is -2.47. The van der Waals surface area contributed by atoms with Crippen molar-refractivity contribution >= 4 is 6.03 Å². The minimum absolute atomic E-state index is 0.285. The molecule has 2 aliphatic heterocycles. The number of ether oxygens (including phenoxy) is 1. The van der Waals surface area contributed by atoms with E-state index in [-0.39, 0.29) is 13.1 Å². The van der Waals surface area contributed by atoms with E-state index in [1.165, 1.54) is 4.90 Å². The van der Waals surface area contributed by atoms with Gasteiger partial charge in [-0.05, 0) is 11.1 Å². The van der Waals surface area contributed by atoms with Crippen LogP contribution in [0, 0.1) is 0 Å². The fourth-order valence-electron chi connectivity index (χ4n) is 2.65. The molecule has 108 valence electrons. The van der Waals surface area contributed by atoms with Gasteiger partial charge in [0, 0.05) is 0 Å². The Hall–Kier alpha value is -1.76. The first-order valence-electron chi connectivity index (χ1n) is 6.22. The summed E-state index contributed by atoms with van der Waals surface area (Å²) >= 11 is 0. The van der Waals surface area contributed by atoms with Crippen LogP contribution in [0.3, 0.4) is 0 Å². The maximum Gasteiger partial charge on any atom is 0.405 e. The average molecular weight is 286 g/mol. The number of carbonyl (C=O) groups is 1. The molecule has 1 aromatic carbocycles. The predicted octanol–water partition coefficient (Wildman–Crippen LogP) is 2.00. The van der Waals surface area contributed by atoms with Gasteiger partial charge >= 0.3 is 12.2 Å². The summed E-state index contributed by atoms with van der Waals surface area (Å²) in [4.78, 5) is 12.9. The Balaban J connectivity index is 1.61. The van der Waals surface area contributed by atoms with E-state index < -0.39 is 24.4 Å². The molecule has 3 rings (SSSR count). The van der Waals surface area contributed by atoms with Gasteiger partial charge in [-0.15, -0.1) is 0 Å². The summed E-state index contributed by atoms with van der Waals surface area (Å²) in [7, 11) is 0. The fraction of sp³-hybridized carbons (Fsp3) is 0.462. The second kappa shape index (κ2) is 4.37. The number of amides is 2. The Morgan fingerprint density at radius 1 is 1.35 bits per heavy atom. The quantitative estimate of drug-likeness (QED) is 0.858. The van der Waals surface area contributed by atoms with Gasteiger partial charge in [0.1, 0.15) is 12.1 Å². The first kappa shape index (κ1) is 13.2. The molecule has 1 aromatic rings. The fourth-order valence-corrected chi connectivity index (χ4v) is 2.65. The molecular weight excluding hydrogens is 273 g/mol. The Bertz CT molecular complexity index is 539. The van der Waals surface area contributed by atoms with E-state index >= 15 is 0 Å². The van der Waals surface area contributed by atoms with Crippen LogP contribution in [0.2, 0.25) is 0 Å². The SMILES string of the molecule is O=C(NCC(F)(F)F)N1CC2(C1)OCc1ccccc12.